The summed E-state index contributed by atoms with van der Waals surface area (Å²) in [4.78, 5) is 26.3. The molecule has 11 heteroatoms. The number of rotatable bonds is 7. The Morgan fingerprint density at radius 1 is 1.23 bits per heavy atom. The molecule has 5 rings (SSSR count). The molecule has 4 aromatic rings. The van der Waals surface area contributed by atoms with Crippen LogP contribution in [0.15, 0.2) is 52.9 Å². The third-order valence-corrected chi connectivity index (χ3v) is 5.72. The van der Waals surface area contributed by atoms with Crippen LogP contribution < -0.4 is 11.0 Å². The van der Waals surface area contributed by atoms with Crippen LogP contribution in [-0.2, 0) is 6.54 Å². The lowest BCUT2D eigenvalue weighted by molar-refractivity contribution is 0.0951. The van der Waals surface area contributed by atoms with Gasteiger partial charge in [-0.15, -0.1) is 21.5 Å². The summed E-state index contributed by atoms with van der Waals surface area (Å²) in [7, 11) is 0. The van der Waals surface area contributed by atoms with Crippen LogP contribution in [-0.4, -0.2) is 47.0 Å². The number of benzene rings is 1. The second-order valence-electron chi connectivity index (χ2n) is 6.97. The number of carbonyl (C=O) groups excluding carboxylic acids is 1. The van der Waals surface area contributed by atoms with Crippen molar-refractivity contribution in [3.8, 4) is 16.4 Å². The average Bonchev–Trinajstić information content (AvgIpc) is 3.17. The number of nitrogens with zero attached hydrogens (tertiary/aromatic N) is 7. The number of hydrogen-bond acceptors (Lipinski definition) is 7. The first-order valence-electron chi connectivity index (χ1n) is 9.55. The van der Waals surface area contributed by atoms with Crippen LogP contribution in [0.2, 0.25) is 0 Å². The largest absolute Gasteiger partial charge is 0.350 e. The molecule has 1 aromatic carbocycles. The van der Waals surface area contributed by atoms with Gasteiger partial charge >= 0.3 is 5.69 Å². The highest BCUT2D eigenvalue weighted by Gasteiger charge is 2.30. The van der Waals surface area contributed by atoms with Crippen molar-refractivity contribution in [2.24, 2.45) is 0 Å². The van der Waals surface area contributed by atoms with Gasteiger partial charge in [-0.1, -0.05) is 12.1 Å². The van der Waals surface area contributed by atoms with Gasteiger partial charge in [-0.3, -0.25) is 9.36 Å². The molecular weight excluding hydrogens is 404 g/mol. The van der Waals surface area contributed by atoms with E-state index < -0.39 is 0 Å². The van der Waals surface area contributed by atoms with Gasteiger partial charge in [0.25, 0.3) is 5.91 Å². The predicted octanol–water partition coefficient (Wildman–Crippen LogP) is 1.51. The van der Waals surface area contributed by atoms with Gasteiger partial charge in [0, 0.05) is 18.2 Å². The molecule has 10 nitrogen and oxygen atoms in total. The lowest BCUT2D eigenvalue weighted by atomic mass is 10.2. The molecule has 0 spiro atoms. The van der Waals surface area contributed by atoms with Crippen LogP contribution in [0.25, 0.3) is 16.4 Å². The van der Waals surface area contributed by atoms with E-state index in [2.05, 4.69) is 25.9 Å². The molecule has 0 saturated heterocycles. The molecule has 1 amide bonds. The van der Waals surface area contributed by atoms with E-state index in [9.17, 15) is 9.59 Å². The molecule has 1 N–H and O–H groups in total. The maximum absolute atomic E-state index is 12.8. The Balaban J connectivity index is 1.28. The maximum atomic E-state index is 12.8. The Bertz CT molecular complexity index is 1220. The molecule has 3 aromatic heterocycles. The quantitative estimate of drug-likeness (QED) is 0.483. The predicted molar refractivity (Wildman–Crippen MR) is 110 cm³/mol. The van der Waals surface area contributed by atoms with Gasteiger partial charge in [0.1, 0.15) is 6.33 Å². The summed E-state index contributed by atoms with van der Waals surface area (Å²) in [5.41, 5.74) is 1.04. The number of thiophene rings is 1. The Labute approximate surface area is 174 Å². The average molecular weight is 422 g/mol. The highest BCUT2D eigenvalue weighted by molar-refractivity contribution is 7.13. The highest BCUT2D eigenvalue weighted by Crippen LogP contribution is 2.37. The number of hydrogen-bond donors (Lipinski definition) is 1. The minimum absolute atomic E-state index is 0.129. The van der Waals surface area contributed by atoms with E-state index in [1.54, 1.807) is 34.1 Å². The zero-order valence-electron chi connectivity index (χ0n) is 15.9. The van der Waals surface area contributed by atoms with E-state index in [1.807, 2.05) is 23.6 Å². The summed E-state index contributed by atoms with van der Waals surface area (Å²) in [6.45, 7) is 0.592. The molecule has 1 aliphatic rings. The molecular formula is C19H18N8O2S. The van der Waals surface area contributed by atoms with Crippen LogP contribution in [0, 0.1) is 0 Å². The fraction of sp³-hybridized carbons (Fsp3) is 0.263. The standard InChI is InChI=1S/C19H18N8O2S/c28-18(13-3-1-4-15(11-13)26-12-21-23-24-26)20-8-9-25-19(29)27(14-6-7-14)17(22-25)16-5-2-10-30-16/h1-5,10-12,14H,6-9H2,(H,20,28). The summed E-state index contributed by atoms with van der Waals surface area (Å²) < 4.78 is 4.70. The van der Waals surface area contributed by atoms with Crippen molar-refractivity contribution in [1.29, 1.82) is 0 Å². The molecule has 0 aliphatic heterocycles. The second-order valence-corrected chi connectivity index (χ2v) is 7.92. The molecule has 0 bridgehead atoms. The number of nitrogens with one attached hydrogen (secondary N) is 1. The molecule has 0 atom stereocenters. The van der Waals surface area contributed by atoms with Gasteiger partial charge in [0.05, 0.1) is 17.1 Å². The first kappa shape index (κ1) is 18.4. The van der Waals surface area contributed by atoms with Crippen LogP contribution in [0.4, 0.5) is 0 Å². The summed E-state index contributed by atoms with van der Waals surface area (Å²) >= 11 is 1.56. The third kappa shape index (κ3) is 3.54. The van der Waals surface area contributed by atoms with Gasteiger partial charge < -0.3 is 5.32 Å². The molecule has 1 fully saturated rings. The van der Waals surface area contributed by atoms with Gasteiger partial charge in [0.2, 0.25) is 0 Å². The van der Waals surface area contributed by atoms with Crippen LogP contribution in [0.3, 0.4) is 0 Å². The van der Waals surface area contributed by atoms with Gasteiger partial charge in [-0.25, -0.2) is 14.2 Å². The Morgan fingerprint density at radius 2 is 2.13 bits per heavy atom. The smallest absolute Gasteiger partial charge is 0.346 e. The van der Waals surface area contributed by atoms with Crippen molar-refractivity contribution in [3.63, 3.8) is 0 Å². The summed E-state index contributed by atoms with van der Waals surface area (Å²) in [5.74, 6) is 0.469. The second kappa shape index (κ2) is 7.67. The number of amides is 1. The molecule has 0 radical (unpaired) electrons. The summed E-state index contributed by atoms with van der Waals surface area (Å²) in [6.07, 6.45) is 3.46. The van der Waals surface area contributed by atoms with E-state index in [4.69, 9.17) is 0 Å². The van der Waals surface area contributed by atoms with E-state index in [-0.39, 0.29) is 17.6 Å². The van der Waals surface area contributed by atoms with E-state index in [1.165, 1.54) is 15.7 Å². The monoisotopic (exact) mass is 422 g/mol. The zero-order valence-corrected chi connectivity index (χ0v) is 16.7. The van der Waals surface area contributed by atoms with Crippen LogP contribution in [0.1, 0.15) is 29.2 Å². The molecule has 30 heavy (non-hydrogen) atoms. The lowest BCUT2D eigenvalue weighted by Crippen LogP contribution is -2.32. The summed E-state index contributed by atoms with van der Waals surface area (Å²) in [6, 6.07) is 11.1. The molecule has 152 valence electrons. The highest BCUT2D eigenvalue weighted by atomic mass is 32.1. The molecule has 1 saturated carbocycles. The fourth-order valence-corrected chi connectivity index (χ4v) is 3.95. The van der Waals surface area contributed by atoms with Crippen molar-refractivity contribution in [2.75, 3.05) is 6.54 Å². The van der Waals surface area contributed by atoms with E-state index in [0.717, 1.165) is 17.7 Å². The van der Waals surface area contributed by atoms with Gasteiger partial charge in [-0.05, 0) is 52.9 Å². The van der Waals surface area contributed by atoms with Crippen molar-refractivity contribution in [1.82, 2.24) is 39.9 Å². The zero-order chi connectivity index (χ0) is 20.5. The van der Waals surface area contributed by atoms with Crippen molar-refractivity contribution < 1.29 is 4.79 Å². The normalized spacial score (nSPS) is 13.5. The minimum Gasteiger partial charge on any atom is -0.350 e. The first-order chi connectivity index (χ1) is 14.7. The Kier molecular flexibility index (Phi) is 4.71. The van der Waals surface area contributed by atoms with Crippen molar-refractivity contribution in [3.05, 3.63) is 64.2 Å². The van der Waals surface area contributed by atoms with Crippen LogP contribution in [0.5, 0.6) is 0 Å². The number of carbonyl (C=O) groups is 1. The third-order valence-electron chi connectivity index (χ3n) is 4.86. The van der Waals surface area contributed by atoms with Gasteiger partial charge in [0.15, 0.2) is 5.82 Å². The SMILES string of the molecule is O=C(NCCn1nc(-c2cccs2)n(C2CC2)c1=O)c1cccc(-n2cnnn2)c1. The molecule has 1 aliphatic carbocycles. The summed E-state index contributed by atoms with van der Waals surface area (Å²) in [5, 5.41) is 20.4. The van der Waals surface area contributed by atoms with Crippen LogP contribution >= 0.6 is 11.3 Å². The minimum atomic E-state index is -0.238. The van der Waals surface area contributed by atoms with Crippen molar-refractivity contribution in [2.45, 2.75) is 25.4 Å². The number of tetrazole rings is 1. The number of aromatic nitrogens is 7. The fourth-order valence-electron chi connectivity index (χ4n) is 3.25. The van der Waals surface area contributed by atoms with E-state index in [0.29, 0.717) is 30.2 Å². The lowest BCUT2D eigenvalue weighted by Gasteiger charge is -2.06. The Morgan fingerprint density at radius 3 is 2.87 bits per heavy atom. The van der Waals surface area contributed by atoms with Gasteiger partial charge in [-0.2, -0.15) is 0 Å². The first-order valence-corrected chi connectivity index (χ1v) is 10.4. The van der Waals surface area contributed by atoms with E-state index >= 15 is 0 Å². The Hall–Kier alpha value is -3.60. The molecule has 0 unspecified atom stereocenters. The van der Waals surface area contributed by atoms with Crippen molar-refractivity contribution >= 4 is 17.2 Å². The molecule has 3 heterocycles. The maximum Gasteiger partial charge on any atom is 0.346 e. The topological polar surface area (TPSA) is 113 Å².